The van der Waals surface area contributed by atoms with Crippen molar-refractivity contribution in [1.29, 1.82) is 0 Å². The molecule has 1 atom stereocenters. The third-order valence-electron chi connectivity index (χ3n) is 3.24. The van der Waals surface area contributed by atoms with Crippen LogP contribution >= 0.6 is 0 Å². The fourth-order valence-electron chi connectivity index (χ4n) is 2.22. The van der Waals surface area contributed by atoms with Gasteiger partial charge in [-0.25, -0.2) is 8.42 Å². The van der Waals surface area contributed by atoms with Gasteiger partial charge in [-0.1, -0.05) is 0 Å². The van der Waals surface area contributed by atoms with Crippen molar-refractivity contribution in [2.45, 2.75) is 25.8 Å². The normalized spacial score (nSPS) is 22.5. The molecule has 0 aromatic heterocycles. The van der Waals surface area contributed by atoms with E-state index in [0.717, 1.165) is 25.9 Å². The smallest absolute Gasteiger partial charge is 0.214 e. The zero-order valence-electron chi connectivity index (χ0n) is 11.1. The Hall–Kier alpha value is -0.170. The van der Waals surface area contributed by atoms with Gasteiger partial charge in [0.25, 0.3) is 0 Å². The van der Waals surface area contributed by atoms with Gasteiger partial charge in [-0.2, -0.15) is 4.31 Å². The van der Waals surface area contributed by atoms with Gasteiger partial charge in [0.1, 0.15) is 0 Å². The summed E-state index contributed by atoms with van der Waals surface area (Å²) >= 11 is 0. The second-order valence-corrected chi connectivity index (χ2v) is 6.77. The van der Waals surface area contributed by atoms with Gasteiger partial charge < -0.3 is 9.64 Å². The van der Waals surface area contributed by atoms with Crippen molar-refractivity contribution >= 4 is 10.0 Å². The summed E-state index contributed by atoms with van der Waals surface area (Å²) in [5.41, 5.74) is 0. The lowest BCUT2D eigenvalue weighted by Gasteiger charge is -2.27. The summed E-state index contributed by atoms with van der Waals surface area (Å²) in [4.78, 5) is 2.14. The minimum Gasteiger partial charge on any atom is -0.383 e. The average molecular weight is 264 g/mol. The van der Waals surface area contributed by atoms with E-state index in [0.29, 0.717) is 13.2 Å². The Morgan fingerprint density at radius 2 is 2.18 bits per heavy atom. The predicted molar refractivity (Wildman–Crippen MR) is 68.6 cm³/mol. The van der Waals surface area contributed by atoms with E-state index in [9.17, 15) is 8.42 Å². The molecule has 1 aliphatic rings. The van der Waals surface area contributed by atoms with Crippen LogP contribution in [0.15, 0.2) is 0 Å². The highest BCUT2D eigenvalue weighted by Gasteiger charge is 2.33. The van der Waals surface area contributed by atoms with Crippen LogP contribution in [-0.4, -0.2) is 69.8 Å². The highest BCUT2D eigenvalue weighted by Crippen LogP contribution is 2.21. The van der Waals surface area contributed by atoms with E-state index in [2.05, 4.69) is 4.90 Å². The monoisotopic (exact) mass is 264 g/mol. The van der Waals surface area contributed by atoms with Gasteiger partial charge in [-0.05, 0) is 26.8 Å². The molecule has 102 valence electrons. The van der Waals surface area contributed by atoms with Crippen LogP contribution in [0.25, 0.3) is 0 Å². The van der Waals surface area contributed by atoms with Crippen LogP contribution in [-0.2, 0) is 14.8 Å². The van der Waals surface area contributed by atoms with Crippen molar-refractivity contribution in [3.63, 3.8) is 0 Å². The van der Waals surface area contributed by atoms with Gasteiger partial charge in [0.15, 0.2) is 0 Å². The summed E-state index contributed by atoms with van der Waals surface area (Å²) in [5.74, 6) is 0.200. The zero-order valence-corrected chi connectivity index (χ0v) is 11.9. The first kappa shape index (κ1) is 14.9. The van der Waals surface area contributed by atoms with Crippen LogP contribution in [0.5, 0.6) is 0 Å². The van der Waals surface area contributed by atoms with Crippen molar-refractivity contribution < 1.29 is 13.2 Å². The molecule has 0 spiro atoms. The van der Waals surface area contributed by atoms with Gasteiger partial charge in [0, 0.05) is 32.8 Å². The third kappa shape index (κ3) is 4.21. The van der Waals surface area contributed by atoms with Crippen molar-refractivity contribution in [3.8, 4) is 0 Å². The summed E-state index contributed by atoms with van der Waals surface area (Å²) < 4.78 is 30.5. The van der Waals surface area contributed by atoms with E-state index in [1.54, 1.807) is 18.3 Å². The molecule has 0 bridgehead atoms. The Bertz CT molecular complexity index is 319. The largest absolute Gasteiger partial charge is 0.383 e. The molecule has 1 rings (SSSR count). The molecule has 1 heterocycles. The highest BCUT2D eigenvalue weighted by molar-refractivity contribution is 7.89. The number of methoxy groups -OCH3 is 1. The minimum atomic E-state index is -3.04. The molecule has 0 N–H and O–H groups in total. The second-order valence-electron chi connectivity index (χ2n) is 4.56. The van der Waals surface area contributed by atoms with E-state index in [-0.39, 0.29) is 11.8 Å². The van der Waals surface area contributed by atoms with Crippen LogP contribution in [0.2, 0.25) is 0 Å². The van der Waals surface area contributed by atoms with Crippen molar-refractivity contribution in [2.75, 3.05) is 46.2 Å². The first-order valence-corrected chi connectivity index (χ1v) is 7.79. The van der Waals surface area contributed by atoms with Gasteiger partial charge in [-0.3, -0.25) is 0 Å². The lowest BCUT2D eigenvalue weighted by Crippen LogP contribution is -2.43. The fraction of sp³-hybridized carbons (Fsp3) is 1.00. The number of ether oxygens (including phenoxy) is 1. The molecular formula is C11H24N2O3S. The molecule has 5 nitrogen and oxygen atoms in total. The maximum atomic E-state index is 11.9. The quantitative estimate of drug-likeness (QED) is 0.667. The molecule has 17 heavy (non-hydrogen) atoms. The van der Waals surface area contributed by atoms with Crippen LogP contribution in [0.3, 0.4) is 0 Å². The van der Waals surface area contributed by atoms with E-state index in [1.165, 1.54) is 0 Å². The van der Waals surface area contributed by atoms with Crippen LogP contribution in [0.1, 0.15) is 19.8 Å². The number of rotatable bonds is 7. The molecule has 0 aromatic rings. The number of nitrogens with zero attached hydrogens (tertiary/aromatic N) is 2. The maximum absolute atomic E-state index is 11.9. The molecule has 1 unspecified atom stereocenters. The molecule has 0 aliphatic carbocycles. The average Bonchev–Trinajstić information content (AvgIpc) is 2.75. The van der Waals surface area contributed by atoms with Gasteiger partial charge >= 0.3 is 0 Å². The number of hydrogen-bond donors (Lipinski definition) is 0. The molecule has 1 fully saturated rings. The van der Waals surface area contributed by atoms with E-state index in [4.69, 9.17) is 4.74 Å². The first-order chi connectivity index (χ1) is 8.01. The van der Waals surface area contributed by atoms with Gasteiger partial charge in [-0.15, -0.1) is 0 Å². The standard InChI is InChI=1S/C11H24N2O3S/c1-4-17(14,15)13-7-5-6-11(13)10-12(2)8-9-16-3/h11H,4-10H2,1-3H3. The summed E-state index contributed by atoms with van der Waals surface area (Å²) in [5, 5.41) is 0. The number of likely N-dealkylation sites (N-methyl/N-ethyl adjacent to an activating group) is 1. The van der Waals surface area contributed by atoms with Crippen molar-refractivity contribution in [2.24, 2.45) is 0 Å². The Kier molecular flexibility index (Phi) is 5.85. The molecule has 0 radical (unpaired) electrons. The Labute approximate surface area is 105 Å². The highest BCUT2D eigenvalue weighted by atomic mass is 32.2. The predicted octanol–water partition coefficient (Wildman–Crippen LogP) is 0.379. The molecule has 1 aliphatic heterocycles. The third-order valence-corrected chi connectivity index (χ3v) is 5.17. The van der Waals surface area contributed by atoms with Gasteiger partial charge in [0.05, 0.1) is 12.4 Å². The van der Waals surface area contributed by atoms with E-state index >= 15 is 0 Å². The van der Waals surface area contributed by atoms with Crippen LogP contribution < -0.4 is 0 Å². The number of hydrogen-bond acceptors (Lipinski definition) is 4. The summed E-state index contributed by atoms with van der Waals surface area (Å²) in [6.45, 7) is 4.71. The lowest BCUT2D eigenvalue weighted by molar-refractivity contribution is 0.151. The fourth-order valence-corrected chi connectivity index (χ4v) is 3.59. The lowest BCUT2D eigenvalue weighted by atomic mass is 10.2. The van der Waals surface area contributed by atoms with Crippen LogP contribution in [0, 0.1) is 0 Å². The van der Waals surface area contributed by atoms with Crippen molar-refractivity contribution in [1.82, 2.24) is 9.21 Å². The topological polar surface area (TPSA) is 49.9 Å². The summed E-state index contributed by atoms with van der Waals surface area (Å²) in [7, 11) is 0.648. The molecule has 0 aromatic carbocycles. The molecule has 0 saturated carbocycles. The van der Waals surface area contributed by atoms with E-state index < -0.39 is 10.0 Å². The molecular weight excluding hydrogens is 240 g/mol. The Morgan fingerprint density at radius 1 is 1.47 bits per heavy atom. The van der Waals surface area contributed by atoms with E-state index in [1.807, 2.05) is 7.05 Å². The zero-order chi connectivity index (χ0) is 12.9. The molecule has 1 saturated heterocycles. The van der Waals surface area contributed by atoms with Crippen LogP contribution in [0.4, 0.5) is 0 Å². The second kappa shape index (κ2) is 6.68. The molecule has 6 heteroatoms. The first-order valence-electron chi connectivity index (χ1n) is 6.18. The number of sulfonamides is 1. The minimum absolute atomic E-state index is 0.141. The maximum Gasteiger partial charge on any atom is 0.214 e. The Balaban J connectivity index is 2.52. The van der Waals surface area contributed by atoms with Gasteiger partial charge in [0.2, 0.25) is 10.0 Å². The van der Waals surface area contributed by atoms with Crippen molar-refractivity contribution in [3.05, 3.63) is 0 Å². The summed E-state index contributed by atoms with van der Waals surface area (Å²) in [6.07, 6.45) is 1.94. The molecule has 0 amide bonds. The Morgan fingerprint density at radius 3 is 2.76 bits per heavy atom. The SMILES string of the molecule is CCS(=O)(=O)N1CCCC1CN(C)CCOC. The summed E-state index contributed by atoms with van der Waals surface area (Å²) in [6, 6.07) is 0.141.